The van der Waals surface area contributed by atoms with E-state index in [1.807, 2.05) is 42.1 Å². The number of hydrogen-bond donors (Lipinski definition) is 0. The average Bonchev–Trinajstić information content (AvgIpc) is 2.05. The summed E-state index contributed by atoms with van der Waals surface area (Å²) in [5.41, 5.74) is 0. The molecule has 64 valence electrons. The fourth-order valence-electron chi connectivity index (χ4n) is 0.955. The van der Waals surface area contributed by atoms with Gasteiger partial charge in [0.25, 0.3) is 0 Å². The molecule has 1 atom stereocenters. The van der Waals surface area contributed by atoms with Crippen LogP contribution in [-0.4, -0.2) is 5.12 Å². The number of thioether (sulfide) groups is 1. The van der Waals surface area contributed by atoms with Gasteiger partial charge in [-0.25, -0.2) is 0 Å². The standard InChI is InChI=1S/C9H12NOS/c1-8(12-9(2)11)10-6-4-3-5-7-10/h3-8H,1-2H3/q+1. The lowest BCUT2D eigenvalue weighted by Gasteiger charge is -2.02. The SMILES string of the molecule is CC(=O)SC(C)[n+]1ccccc1. The second-order valence-corrected chi connectivity index (χ2v) is 4.02. The third-order valence-electron chi connectivity index (χ3n) is 1.49. The normalized spacial score (nSPS) is 12.5. The molecule has 0 aliphatic carbocycles. The van der Waals surface area contributed by atoms with Crippen LogP contribution in [0, 0.1) is 0 Å². The quantitative estimate of drug-likeness (QED) is 0.650. The van der Waals surface area contributed by atoms with Crippen LogP contribution >= 0.6 is 11.8 Å². The lowest BCUT2D eigenvalue weighted by Crippen LogP contribution is -2.35. The fourth-order valence-corrected chi connectivity index (χ4v) is 1.70. The van der Waals surface area contributed by atoms with Gasteiger partial charge in [0.1, 0.15) is 0 Å². The van der Waals surface area contributed by atoms with Crippen molar-refractivity contribution in [3.8, 4) is 0 Å². The van der Waals surface area contributed by atoms with E-state index >= 15 is 0 Å². The van der Waals surface area contributed by atoms with Crippen molar-refractivity contribution in [3.05, 3.63) is 30.6 Å². The first kappa shape index (κ1) is 9.26. The molecule has 0 aromatic carbocycles. The van der Waals surface area contributed by atoms with Gasteiger partial charge in [-0.05, 0) is 11.8 Å². The minimum atomic E-state index is 0.152. The van der Waals surface area contributed by atoms with Gasteiger partial charge in [-0.1, -0.05) is 6.07 Å². The van der Waals surface area contributed by atoms with E-state index < -0.39 is 0 Å². The molecule has 1 unspecified atom stereocenters. The van der Waals surface area contributed by atoms with Gasteiger partial charge in [-0.2, -0.15) is 4.57 Å². The molecule has 0 amide bonds. The molecule has 1 aromatic rings. The maximum absolute atomic E-state index is 10.8. The molecular formula is C9H12NOS+. The highest BCUT2D eigenvalue weighted by Crippen LogP contribution is 2.15. The van der Waals surface area contributed by atoms with Gasteiger partial charge in [0, 0.05) is 26.0 Å². The summed E-state index contributed by atoms with van der Waals surface area (Å²) in [4.78, 5) is 10.8. The zero-order valence-corrected chi connectivity index (χ0v) is 8.04. The van der Waals surface area contributed by atoms with Crippen LogP contribution in [-0.2, 0) is 4.79 Å². The molecule has 1 aromatic heterocycles. The molecule has 0 fully saturated rings. The smallest absolute Gasteiger partial charge is 0.208 e. The number of aromatic nitrogens is 1. The Kier molecular flexibility index (Phi) is 3.29. The number of pyridine rings is 1. The molecule has 0 spiro atoms. The van der Waals surface area contributed by atoms with Gasteiger partial charge in [-0.3, -0.25) is 4.79 Å². The van der Waals surface area contributed by atoms with Crippen molar-refractivity contribution in [2.24, 2.45) is 0 Å². The number of carbonyl (C=O) groups excluding carboxylic acids is 1. The number of carbonyl (C=O) groups is 1. The van der Waals surface area contributed by atoms with Crippen molar-refractivity contribution in [2.45, 2.75) is 19.2 Å². The first-order valence-electron chi connectivity index (χ1n) is 3.83. The highest BCUT2D eigenvalue weighted by molar-refractivity contribution is 8.13. The van der Waals surface area contributed by atoms with E-state index in [0.29, 0.717) is 0 Å². The van der Waals surface area contributed by atoms with E-state index in [9.17, 15) is 4.79 Å². The van der Waals surface area contributed by atoms with E-state index in [4.69, 9.17) is 0 Å². The van der Waals surface area contributed by atoms with E-state index in [1.54, 1.807) is 6.92 Å². The predicted molar refractivity (Wildman–Crippen MR) is 49.6 cm³/mol. The van der Waals surface area contributed by atoms with Crippen LogP contribution in [0.1, 0.15) is 19.2 Å². The Morgan fingerprint density at radius 3 is 2.42 bits per heavy atom. The summed E-state index contributed by atoms with van der Waals surface area (Å²) in [5.74, 6) is 0. The Hall–Kier alpha value is -0.830. The van der Waals surface area contributed by atoms with Crippen LogP contribution in [0.5, 0.6) is 0 Å². The highest BCUT2D eigenvalue weighted by atomic mass is 32.2. The monoisotopic (exact) mass is 182 g/mol. The third kappa shape index (κ3) is 2.66. The fraction of sp³-hybridized carbons (Fsp3) is 0.333. The molecule has 0 bridgehead atoms. The lowest BCUT2D eigenvalue weighted by molar-refractivity contribution is -0.696. The van der Waals surface area contributed by atoms with Crippen molar-refractivity contribution >= 4 is 16.9 Å². The second-order valence-electron chi connectivity index (χ2n) is 2.53. The molecule has 0 N–H and O–H groups in total. The van der Waals surface area contributed by atoms with E-state index in [2.05, 4.69) is 0 Å². The van der Waals surface area contributed by atoms with Gasteiger partial charge in [0.15, 0.2) is 17.5 Å². The van der Waals surface area contributed by atoms with Gasteiger partial charge in [0.05, 0.1) is 0 Å². The molecule has 0 saturated heterocycles. The van der Waals surface area contributed by atoms with Crippen molar-refractivity contribution in [3.63, 3.8) is 0 Å². The van der Waals surface area contributed by atoms with E-state index in [0.717, 1.165) is 0 Å². The van der Waals surface area contributed by atoms with Crippen molar-refractivity contribution in [2.75, 3.05) is 0 Å². The second kappa shape index (κ2) is 4.26. The molecule has 1 rings (SSSR count). The maximum Gasteiger partial charge on any atom is 0.208 e. The Labute approximate surface area is 76.6 Å². The maximum atomic E-state index is 10.8. The molecule has 0 aliphatic rings. The Morgan fingerprint density at radius 1 is 1.33 bits per heavy atom. The zero-order valence-electron chi connectivity index (χ0n) is 7.23. The minimum absolute atomic E-state index is 0.152. The molecule has 1 heterocycles. The van der Waals surface area contributed by atoms with Gasteiger partial charge in [0.2, 0.25) is 5.37 Å². The molecule has 0 radical (unpaired) electrons. The Morgan fingerprint density at radius 2 is 1.92 bits per heavy atom. The molecule has 2 nitrogen and oxygen atoms in total. The van der Waals surface area contributed by atoms with Crippen LogP contribution in [0.15, 0.2) is 30.6 Å². The van der Waals surface area contributed by atoms with Crippen LogP contribution in [0.2, 0.25) is 0 Å². The number of hydrogen-bond acceptors (Lipinski definition) is 2. The van der Waals surface area contributed by atoms with Crippen LogP contribution in [0.4, 0.5) is 0 Å². The predicted octanol–water partition coefficient (Wildman–Crippen LogP) is 1.77. The first-order chi connectivity index (χ1) is 5.70. The van der Waals surface area contributed by atoms with E-state index in [-0.39, 0.29) is 10.5 Å². The largest absolute Gasteiger partial charge is 0.287 e. The average molecular weight is 182 g/mol. The summed E-state index contributed by atoms with van der Waals surface area (Å²) < 4.78 is 2.01. The number of nitrogens with zero attached hydrogens (tertiary/aromatic N) is 1. The third-order valence-corrected chi connectivity index (χ3v) is 2.41. The molecule has 0 aliphatic heterocycles. The van der Waals surface area contributed by atoms with Gasteiger partial charge < -0.3 is 0 Å². The Bertz CT molecular complexity index is 260. The van der Waals surface area contributed by atoms with Crippen LogP contribution in [0.3, 0.4) is 0 Å². The molecule has 12 heavy (non-hydrogen) atoms. The summed E-state index contributed by atoms with van der Waals surface area (Å²) in [7, 11) is 0. The summed E-state index contributed by atoms with van der Waals surface area (Å²) in [6.45, 7) is 3.59. The van der Waals surface area contributed by atoms with Gasteiger partial charge >= 0.3 is 0 Å². The van der Waals surface area contributed by atoms with Gasteiger partial charge in [-0.15, -0.1) is 0 Å². The van der Waals surface area contributed by atoms with Crippen LogP contribution in [0.25, 0.3) is 0 Å². The summed E-state index contributed by atoms with van der Waals surface area (Å²) in [6.07, 6.45) is 3.92. The summed E-state index contributed by atoms with van der Waals surface area (Å²) >= 11 is 1.33. The highest BCUT2D eigenvalue weighted by Gasteiger charge is 2.13. The lowest BCUT2D eigenvalue weighted by atomic mass is 10.5. The molecule has 3 heteroatoms. The first-order valence-corrected chi connectivity index (χ1v) is 4.71. The summed E-state index contributed by atoms with van der Waals surface area (Å²) in [5, 5.41) is 0.336. The summed E-state index contributed by atoms with van der Waals surface area (Å²) in [6, 6.07) is 5.87. The van der Waals surface area contributed by atoms with Crippen molar-refractivity contribution in [1.82, 2.24) is 0 Å². The molecule has 0 saturated carbocycles. The minimum Gasteiger partial charge on any atom is -0.287 e. The van der Waals surface area contributed by atoms with E-state index in [1.165, 1.54) is 11.8 Å². The zero-order chi connectivity index (χ0) is 8.97. The van der Waals surface area contributed by atoms with Crippen molar-refractivity contribution < 1.29 is 9.36 Å². The van der Waals surface area contributed by atoms with Crippen LogP contribution < -0.4 is 4.57 Å². The number of rotatable bonds is 2. The van der Waals surface area contributed by atoms with Crippen molar-refractivity contribution in [1.29, 1.82) is 0 Å². The topological polar surface area (TPSA) is 20.9 Å². The Balaban J connectivity index is 2.65. The molecular weight excluding hydrogens is 170 g/mol.